The first-order valence-corrected chi connectivity index (χ1v) is 18.8. The van der Waals surface area contributed by atoms with Crippen molar-refractivity contribution < 1.29 is 143 Å². The second-order valence-electron chi connectivity index (χ2n) is 11.0. The van der Waals surface area contributed by atoms with E-state index in [1.807, 2.05) is 0 Å². The van der Waals surface area contributed by atoms with Crippen LogP contribution in [0.2, 0.25) is 0 Å². The van der Waals surface area contributed by atoms with Gasteiger partial charge in [-0.05, 0) is 0 Å². The van der Waals surface area contributed by atoms with Gasteiger partial charge in [-0.2, -0.15) is 0 Å². The highest BCUT2D eigenvalue weighted by Crippen LogP contribution is 2.00. The van der Waals surface area contributed by atoms with Gasteiger partial charge in [0.15, 0.2) is 0 Å². The molecule has 0 atom stereocenters. The molecular weight excluding hydrogens is 1090 g/mol. The highest BCUT2D eigenvalue weighted by molar-refractivity contribution is 6.00. The molecule has 48 nitrogen and oxygen atoms in total. The Labute approximate surface area is 432 Å². The number of imide groups is 6. The van der Waals surface area contributed by atoms with Crippen molar-refractivity contribution in [2.24, 2.45) is 0 Å². The highest BCUT2D eigenvalue weighted by atomic mass is 16.6. The molecule has 48 heteroatoms. The van der Waals surface area contributed by atoms with E-state index in [1.165, 1.54) is 0 Å². The number of ether oxygens (including phenoxy) is 12. The minimum atomic E-state index is -1.53. The molecule has 0 aromatic heterocycles. The average molecular weight is 1140 g/mol. The Bertz CT molecular complexity index is 1980. The van der Waals surface area contributed by atoms with Crippen LogP contribution in [-0.2, 0) is 56.8 Å². The van der Waals surface area contributed by atoms with Crippen molar-refractivity contribution in [3.8, 4) is 0 Å². The predicted octanol–water partition coefficient (Wildman–Crippen LogP) is -3.00. The molecule has 438 valence electrons. The van der Waals surface area contributed by atoms with Crippen LogP contribution in [0.1, 0.15) is 0 Å². The molecule has 0 bridgehead atoms. The lowest BCUT2D eigenvalue weighted by Gasteiger charge is -2.24. The quantitative estimate of drug-likeness (QED) is 0.0849. The topological polar surface area (TPSA) is 582 Å². The molecular formula is C30H48N18O30. The summed E-state index contributed by atoms with van der Waals surface area (Å²) < 4.78 is 50.6. The van der Waals surface area contributed by atoms with Gasteiger partial charge in [-0.3, -0.25) is 0 Å². The van der Waals surface area contributed by atoms with Crippen molar-refractivity contribution in [2.45, 2.75) is 0 Å². The second-order valence-corrected chi connectivity index (χ2v) is 11.0. The summed E-state index contributed by atoms with van der Waals surface area (Å²) in [4.78, 5) is 207. The maximum atomic E-state index is 12.0. The fraction of sp³-hybridized carbons (Fsp3) is 0.400. The van der Waals surface area contributed by atoms with Crippen LogP contribution in [-0.4, -0.2) is 225 Å². The smallest absolute Gasteiger partial charge is 0.437 e. The third-order valence-electron chi connectivity index (χ3n) is 6.52. The molecule has 0 aromatic carbocycles. The van der Waals surface area contributed by atoms with Crippen LogP contribution in [0.25, 0.3) is 0 Å². The minimum absolute atomic E-state index is 0.0528. The van der Waals surface area contributed by atoms with Crippen molar-refractivity contribution in [1.29, 1.82) is 0 Å². The fourth-order valence-corrected chi connectivity index (χ4v) is 3.11. The van der Waals surface area contributed by atoms with Crippen LogP contribution < -0.4 is 65.1 Å². The van der Waals surface area contributed by atoms with E-state index >= 15 is 0 Å². The van der Waals surface area contributed by atoms with Gasteiger partial charge in [0.25, 0.3) is 0 Å². The van der Waals surface area contributed by atoms with Crippen molar-refractivity contribution in [3.05, 3.63) is 0 Å². The number of amides is 24. The van der Waals surface area contributed by atoms with Gasteiger partial charge in [-0.15, -0.1) is 30.1 Å². The lowest BCUT2D eigenvalue weighted by Crippen LogP contribution is -2.62. The summed E-state index contributed by atoms with van der Waals surface area (Å²) in [5.41, 5.74) is 20.1. The number of carbonyl (C=O) groups is 18. The molecule has 0 rings (SSSR count). The molecule has 0 saturated heterocycles. The SMILES string of the molecule is COC(=O)NNC(=O)N(NC(=O)N(NC(=O)OC)C(=O)OC)C(=O)OC.COC(=O)NNC(=O)N(NC(=O)N(NC(=O)OC)C(=O)OC)C(=O)OC.COC(=O)NNC(=O)N(NC(=O)N(NC(=O)OC)C(=O)OC)C(=O)OC. The number of hydrogen-bond donors (Lipinski definition) is 12. The lowest BCUT2D eigenvalue weighted by atomic mass is 10.8. The average Bonchev–Trinajstić information content (AvgIpc) is 3.45. The van der Waals surface area contributed by atoms with E-state index in [1.54, 1.807) is 65.1 Å². The predicted molar refractivity (Wildman–Crippen MR) is 230 cm³/mol. The highest BCUT2D eigenvalue weighted by Gasteiger charge is 2.35. The van der Waals surface area contributed by atoms with Gasteiger partial charge in [0.1, 0.15) is 0 Å². The number of carbonyl (C=O) groups excluding carboxylic acids is 18. The number of methoxy groups -OCH3 is 12. The third-order valence-corrected chi connectivity index (χ3v) is 6.52. The Morgan fingerprint density at radius 1 is 0.192 bits per heavy atom. The van der Waals surface area contributed by atoms with Gasteiger partial charge < -0.3 is 56.8 Å². The molecule has 0 aliphatic carbocycles. The van der Waals surface area contributed by atoms with Crippen LogP contribution in [0.4, 0.5) is 86.3 Å². The summed E-state index contributed by atoms with van der Waals surface area (Å²) in [5, 5.41) is -0.387. The molecule has 0 heterocycles. The minimum Gasteiger partial charge on any atom is -0.452 e. The number of hydrogen-bond acceptors (Lipinski definition) is 30. The van der Waals surface area contributed by atoms with E-state index in [-0.39, 0.29) is 30.1 Å². The number of rotatable bonds is 0. The number of nitrogens with one attached hydrogen (secondary N) is 12. The summed E-state index contributed by atoms with van der Waals surface area (Å²) >= 11 is 0. The van der Waals surface area contributed by atoms with Crippen LogP contribution >= 0.6 is 0 Å². The summed E-state index contributed by atoms with van der Waals surface area (Å²) in [6.45, 7) is 0. The van der Waals surface area contributed by atoms with Crippen LogP contribution in [0.5, 0.6) is 0 Å². The molecule has 12 N–H and O–H groups in total. The first-order chi connectivity index (χ1) is 36.6. The van der Waals surface area contributed by atoms with E-state index in [9.17, 15) is 86.3 Å². The van der Waals surface area contributed by atoms with Gasteiger partial charge in [0.2, 0.25) is 0 Å². The molecule has 0 spiro atoms. The van der Waals surface area contributed by atoms with E-state index in [2.05, 4.69) is 56.8 Å². The molecule has 0 saturated carbocycles. The molecule has 24 amide bonds. The number of nitrogens with zero attached hydrogens (tertiary/aromatic N) is 6. The zero-order valence-electron chi connectivity index (χ0n) is 41.9. The van der Waals surface area contributed by atoms with E-state index in [0.29, 0.717) is 0 Å². The van der Waals surface area contributed by atoms with Crippen LogP contribution in [0, 0.1) is 0 Å². The van der Waals surface area contributed by atoms with E-state index in [4.69, 9.17) is 0 Å². The molecule has 78 heavy (non-hydrogen) atoms. The van der Waals surface area contributed by atoms with Crippen LogP contribution in [0.15, 0.2) is 0 Å². The monoisotopic (exact) mass is 1140 g/mol. The standard InChI is InChI=1S/3C10H16N6O10/c3*1-23-7(19)12-11-5(17)15(9(21)25-3)13-6(18)16(10(22)26-4)14-8(20)24-2/h3*1-4H3,(H,11,17)(H,12,19)(H,13,18)(H,14,20). The van der Waals surface area contributed by atoms with Crippen LogP contribution in [0.3, 0.4) is 0 Å². The second kappa shape index (κ2) is 37.8. The van der Waals surface area contributed by atoms with Gasteiger partial charge in [-0.1, -0.05) is 0 Å². The van der Waals surface area contributed by atoms with Crippen molar-refractivity contribution in [1.82, 2.24) is 95.2 Å². The maximum Gasteiger partial charge on any atom is 0.437 e. The zero-order valence-corrected chi connectivity index (χ0v) is 41.9. The number of urea groups is 6. The molecule has 0 radical (unpaired) electrons. The summed E-state index contributed by atoms with van der Waals surface area (Å²) in [5.74, 6) is 0. The summed E-state index contributed by atoms with van der Waals surface area (Å²) in [6.07, 6.45) is -15.5. The molecule has 0 aliphatic rings. The third kappa shape index (κ3) is 26.0. The van der Waals surface area contributed by atoms with Crippen molar-refractivity contribution >= 4 is 109 Å². The van der Waals surface area contributed by atoms with E-state index in [0.717, 1.165) is 85.3 Å². The molecule has 0 fully saturated rings. The number of hydrazine groups is 9. The molecule has 0 aromatic rings. The van der Waals surface area contributed by atoms with Gasteiger partial charge in [-0.25, -0.2) is 151 Å². The Kier molecular flexibility index (Phi) is 34.1. The maximum absolute atomic E-state index is 12.0. The van der Waals surface area contributed by atoms with E-state index < -0.39 is 109 Å². The lowest BCUT2D eigenvalue weighted by molar-refractivity contribution is 0.0845. The first kappa shape index (κ1) is 70.3. The Morgan fingerprint density at radius 3 is 0.487 bits per heavy atom. The van der Waals surface area contributed by atoms with Gasteiger partial charge in [0, 0.05) is 0 Å². The first-order valence-electron chi connectivity index (χ1n) is 18.8. The summed E-state index contributed by atoms with van der Waals surface area (Å²) in [7, 11) is 11.1. The molecule has 0 aliphatic heterocycles. The van der Waals surface area contributed by atoms with Crippen molar-refractivity contribution in [2.75, 3.05) is 85.3 Å². The normalized spacial score (nSPS) is 8.92. The largest absolute Gasteiger partial charge is 0.452 e. The van der Waals surface area contributed by atoms with Gasteiger partial charge in [0.05, 0.1) is 85.3 Å². The van der Waals surface area contributed by atoms with Crippen molar-refractivity contribution in [3.63, 3.8) is 0 Å². The Hall–Kier alpha value is -11.9. The molecule has 0 unspecified atom stereocenters. The summed E-state index contributed by atoms with van der Waals surface area (Å²) in [6, 6.07) is -8.84. The fourth-order valence-electron chi connectivity index (χ4n) is 3.11. The Morgan fingerprint density at radius 2 is 0.346 bits per heavy atom. The Balaban J connectivity index is -0.00000108. The van der Waals surface area contributed by atoms with Gasteiger partial charge >= 0.3 is 109 Å². The zero-order chi connectivity index (χ0) is 60.8.